The summed E-state index contributed by atoms with van der Waals surface area (Å²) in [6.07, 6.45) is 7.81. The Bertz CT molecular complexity index is 1260. The Labute approximate surface area is 194 Å². The third-order valence-corrected chi connectivity index (χ3v) is 6.52. The molecule has 0 atom stereocenters. The molecule has 8 heteroatoms. The van der Waals surface area contributed by atoms with E-state index < -0.39 is 0 Å². The van der Waals surface area contributed by atoms with Gasteiger partial charge >= 0.3 is 0 Å². The van der Waals surface area contributed by atoms with E-state index in [1.165, 1.54) is 10.9 Å². The van der Waals surface area contributed by atoms with E-state index in [-0.39, 0.29) is 0 Å². The first-order chi connectivity index (χ1) is 15.9. The number of rotatable bonds is 6. The highest BCUT2D eigenvalue weighted by molar-refractivity contribution is 5.92. The van der Waals surface area contributed by atoms with Crippen molar-refractivity contribution in [2.75, 3.05) is 25.1 Å². The zero-order valence-corrected chi connectivity index (χ0v) is 20.1. The zero-order valence-electron chi connectivity index (χ0n) is 20.1. The number of aromatic amines is 1. The number of fused-ring (bicyclic) bond motifs is 2. The molecule has 0 bridgehead atoms. The van der Waals surface area contributed by atoms with Gasteiger partial charge in [-0.3, -0.25) is 0 Å². The molecular weight excluding hydrogens is 414 g/mol. The molecule has 5 rings (SSSR count). The summed E-state index contributed by atoms with van der Waals surface area (Å²) in [6.45, 7) is 11.0. The van der Waals surface area contributed by atoms with Crippen LogP contribution in [0.15, 0.2) is 30.9 Å². The molecule has 33 heavy (non-hydrogen) atoms. The van der Waals surface area contributed by atoms with E-state index >= 15 is 0 Å². The highest BCUT2D eigenvalue weighted by Crippen LogP contribution is 2.38. The standard InChI is InChI=1S/C25H33N7O/c1-15(2)23-19-11-22(31-8-6-18(7-9-31)29-16(3)4)26-12-20(19)30-24(23)17-10-21(33-5)25-27-14-28-32(25)13-17/h10-16,18,29-30H,6-9H2,1-5H3. The Balaban J connectivity index is 1.53. The number of aromatic nitrogens is 5. The number of H-pyrrole nitrogens is 1. The van der Waals surface area contributed by atoms with Gasteiger partial charge in [0.15, 0.2) is 11.4 Å². The van der Waals surface area contributed by atoms with Gasteiger partial charge in [0.05, 0.1) is 24.5 Å². The average molecular weight is 448 g/mol. The van der Waals surface area contributed by atoms with Gasteiger partial charge in [0.2, 0.25) is 0 Å². The van der Waals surface area contributed by atoms with Crippen molar-refractivity contribution in [2.24, 2.45) is 0 Å². The second-order valence-corrected chi connectivity index (χ2v) is 9.56. The molecule has 174 valence electrons. The third-order valence-electron chi connectivity index (χ3n) is 6.52. The minimum absolute atomic E-state index is 0.336. The van der Waals surface area contributed by atoms with E-state index in [4.69, 9.17) is 9.72 Å². The largest absolute Gasteiger partial charge is 0.493 e. The lowest BCUT2D eigenvalue weighted by molar-refractivity contribution is 0.386. The van der Waals surface area contributed by atoms with Crippen molar-refractivity contribution < 1.29 is 4.74 Å². The van der Waals surface area contributed by atoms with Crippen LogP contribution in [-0.2, 0) is 0 Å². The van der Waals surface area contributed by atoms with Crippen molar-refractivity contribution in [2.45, 2.75) is 58.5 Å². The smallest absolute Gasteiger partial charge is 0.197 e. The summed E-state index contributed by atoms with van der Waals surface area (Å²) in [5, 5.41) is 9.23. The first-order valence-corrected chi connectivity index (χ1v) is 11.8. The Morgan fingerprint density at radius 2 is 1.91 bits per heavy atom. The van der Waals surface area contributed by atoms with Crippen LogP contribution in [0.4, 0.5) is 5.82 Å². The van der Waals surface area contributed by atoms with Crippen LogP contribution in [0.5, 0.6) is 5.75 Å². The fraction of sp³-hybridized carbons (Fsp3) is 0.480. The van der Waals surface area contributed by atoms with Crippen molar-refractivity contribution in [3.8, 4) is 17.0 Å². The first-order valence-electron chi connectivity index (χ1n) is 11.8. The number of methoxy groups -OCH3 is 1. The fourth-order valence-electron chi connectivity index (χ4n) is 5.03. The molecular formula is C25H33N7O. The minimum Gasteiger partial charge on any atom is -0.493 e. The van der Waals surface area contributed by atoms with Crippen LogP contribution in [0.2, 0.25) is 0 Å². The minimum atomic E-state index is 0.336. The number of pyridine rings is 2. The highest BCUT2D eigenvalue weighted by Gasteiger charge is 2.23. The second-order valence-electron chi connectivity index (χ2n) is 9.56. The maximum atomic E-state index is 5.59. The van der Waals surface area contributed by atoms with Crippen LogP contribution in [0.25, 0.3) is 27.8 Å². The van der Waals surface area contributed by atoms with Gasteiger partial charge in [-0.15, -0.1) is 0 Å². The van der Waals surface area contributed by atoms with Gasteiger partial charge in [-0.1, -0.05) is 27.7 Å². The molecule has 1 aliphatic heterocycles. The van der Waals surface area contributed by atoms with Crippen LogP contribution in [0.1, 0.15) is 52.0 Å². The lowest BCUT2D eigenvalue weighted by Gasteiger charge is -2.34. The monoisotopic (exact) mass is 447 g/mol. The summed E-state index contributed by atoms with van der Waals surface area (Å²) < 4.78 is 7.36. The normalized spacial score (nSPS) is 15.4. The van der Waals surface area contributed by atoms with E-state index in [1.807, 2.05) is 18.5 Å². The van der Waals surface area contributed by atoms with Gasteiger partial charge < -0.3 is 19.9 Å². The topological polar surface area (TPSA) is 83.4 Å². The van der Waals surface area contributed by atoms with Crippen LogP contribution in [0.3, 0.4) is 0 Å². The molecule has 0 aliphatic carbocycles. The first kappa shape index (κ1) is 21.7. The molecule has 0 spiro atoms. The summed E-state index contributed by atoms with van der Waals surface area (Å²) in [5.74, 6) is 2.10. The molecule has 0 amide bonds. The number of hydrogen-bond donors (Lipinski definition) is 2. The SMILES string of the molecule is COc1cc(-c2[nH]c3cnc(N4CCC(NC(C)C)CC4)cc3c2C(C)C)cn2ncnc12. The van der Waals surface area contributed by atoms with Gasteiger partial charge in [-0.2, -0.15) is 5.10 Å². The van der Waals surface area contributed by atoms with Crippen molar-refractivity contribution in [3.05, 3.63) is 36.4 Å². The number of ether oxygens (including phenoxy) is 1. The molecule has 1 fully saturated rings. The average Bonchev–Trinajstić information content (AvgIpc) is 3.42. The lowest BCUT2D eigenvalue weighted by atomic mass is 9.96. The third kappa shape index (κ3) is 4.04. The molecule has 1 saturated heterocycles. The molecule has 0 radical (unpaired) electrons. The van der Waals surface area contributed by atoms with Crippen LogP contribution < -0.4 is 15.0 Å². The summed E-state index contributed by atoms with van der Waals surface area (Å²) >= 11 is 0. The Kier molecular flexibility index (Phi) is 5.70. The lowest BCUT2D eigenvalue weighted by Crippen LogP contribution is -2.45. The van der Waals surface area contributed by atoms with Gasteiger partial charge in [0.25, 0.3) is 0 Å². The summed E-state index contributed by atoms with van der Waals surface area (Å²) in [4.78, 5) is 15.2. The predicted octanol–water partition coefficient (Wildman–Crippen LogP) is 4.37. The van der Waals surface area contributed by atoms with Crippen LogP contribution in [0, 0.1) is 0 Å². The molecule has 0 saturated carbocycles. The van der Waals surface area contributed by atoms with E-state index in [2.05, 4.69) is 59.0 Å². The van der Waals surface area contributed by atoms with Crippen molar-refractivity contribution in [3.63, 3.8) is 0 Å². The Morgan fingerprint density at radius 1 is 1.12 bits per heavy atom. The number of nitrogens with zero attached hydrogens (tertiary/aromatic N) is 5. The van der Waals surface area contributed by atoms with E-state index in [0.29, 0.717) is 29.4 Å². The van der Waals surface area contributed by atoms with E-state index in [0.717, 1.165) is 48.5 Å². The number of piperidine rings is 1. The molecule has 4 aromatic rings. The molecule has 4 aromatic heterocycles. The second kappa shape index (κ2) is 8.67. The number of hydrogen-bond acceptors (Lipinski definition) is 6. The molecule has 2 N–H and O–H groups in total. The molecule has 5 heterocycles. The molecule has 8 nitrogen and oxygen atoms in total. The van der Waals surface area contributed by atoms with Crippen LogP contribution >= 0.6 is 0 Å². The maximum Gasteiger partial charge on any atom is 0.197 e. The Hall–Kier alpha value is -3.13. The summed E-state index contributed by atoms with van der Waals surface area (Å²) in [7, 11) is 1.67. The highest BCUT2D eigenvalue weighted by atomic mass is 16.5. The molecule has 1 aliphatic rings. The Morgan fingerprint density at radius 3 is 2.61 bits per heavy atom. The molecule has 0 unspecified atom stereocenters. The number of anilines is 1. The summed E-state index contributed by atoms with van der Waals surface area (Å²) in [5.41, 5.74) is 5.14. The quantitative estimate of drug-likeness (QED) is 0.457. The van der Waals surface area contributed by atoms with E-state index in [9.17, 15) is 0 Å². The van der Waals surface area contributed by atoms with Crippen molar-refractivity contribution in [1.82, 2.24) is 29.9 Å². The van der Waals surface area contributed by atoms with Crippen molar-refractivity contribution >= 4 is 22.4 Å². The van der Waals surface area contributed by atoms with E-state index in [1.54, 1.807) is 18.0 Å². The van der Waals surface area contributed by atoms with Gasteiger partial charge in [0.1, 0.15) is 12.1 Å². The van der Waals surface area contributed by atoms with Gasteiger partial charge in [-0.25, -0.2) is 14.5 Å². The zero-order chi connectivity index (χ0) is 23.1. The predicted molar refractivity (Wildman–Crippen MR) is 132 cm³/mol. The van der Waals surface area contributed by atoms with Gasteiger partial charge in [0, 0.05) is 42.3 Å². The van der Waals surface area contributed by atoms with Crippen molar-refractivity contribution in [1.29, 1.82) is 0 Å². The molecule has 0 aromatic carbocycles. The fourth-order valence-corrected chi connectivity index (χ4v) is 5.03. The number of nitrogens with one attached hydrogen (secondary N) is 2. The summed E-state index contributed by atoms with van der Waals surface area (Å²) in [6, 6.07) is 5.41. The maximum absolute atomic E-state index is 5.59. The van der Waals surface area contributed by atoms with Crippen LogP contribution in [-0.4, -0.2) is 56.8 Å². The van der Waals surface area contributed by atoms with Gasteiger partial charge in [-0.05, 0) is 36.5 Å².